The predicted molar refractivity (Wildman–Crippen MR) is 54.9 cm³/mol. The maximum absolute atomic E-state index is 13.5. The van der Waals surface area contributed by atoms with E-state index in [2.05, 4.69) is 4.74 Å². The van der Waals surface area contributed by atoms with Gasteiger partial charge in [0.2, 0.25) is 0 Å². The SMILES string of the molecule is COC(=O)C(N)(c1ccc(F)cc1)C(C)F. The molecule has 0 aliphatic rings. The summed E-state index contributed by atoms with van der Waals surface area (Å²) in [4.78, 5) is 11.5. The first kappa shape index (κ1) is 12.6. The van der Waals surface area contributed by atoms with Crippen molar-refractivity contribution in [2.75, 3.05) is 7.11 Å². The Hall–Kier alpha value is -1.49. The van der Waals surface area contributed by atoms with Gasteiger partial charge in [-0.1, -0.05) is 12.1 Å². The average Bonchev–Trinajstić information content (AvgIpc) is 2.27. The van der Waals surface area contributed by atoms with E-state index in [0.717, 1.165) is 26.2 Å². The van der Waals surface area contributed by atoms with Crippen LogP contribution in [-0.4, -0.2) is 19.3 Å². The fraction of sp³-hybridized carbons (Fsp3) is 0.364. The molecule has 0 aromatic heterocycles. The molecule has 2 atom stereocenters. The summed E-state index contributed by atoms with van der Waals surface area (Å²) < 4.78 is 30.6. The third-order valence-electron chi connectivity index (χ3n) is 2.47. The molecule has 2 N–H and O–H groups in total. The van der Waals surface area contributed by atoms with Gasteiger partial charge in [-0.15, -0.1) is 0 Å². The second-order valence-corrected chi connectivity index (χ2v) is 3.48. The van der Waals surface area contributed by atoms with Gasteiger partial charge < -0.3 is 10.5 Å². The van der Waals surface area contributed by atoms with Gasteiger partial charge in [0.25, 0.3) is 0 Å². The summed E-state index contributed by atoms with van der Waals surface area (Å²) in [6.07, 6.45) is -1.65. The van der Waals surface area contributed by atoms with Crippen LogP contribution in [0, 0.1) is 5.82 Å². The van der Waals surface area contributed by atoms with Gasteiger partial charge in [-0.3, -0.25) is 0 Å². The van der Waals surface area contributed by atoms with Crippen LogP contribution in [0.5, 0.6) is 0 Å². The normalized spacial score (nSPS) is 16.3. The largest absolute Gasteiger partial charge is 0.467 e. The number of rotatable bonds is 3. The number of benzene rings is 1. The van der Waals surface area contributed by atoms with E-state index < -0.39 is 23.5 Å². The fourth-order valence-corrected chi connectivity index (χ4v) is 1.40. The molecule has 0 heterocycles. The van der Waals surface area contributed by atoms with E-state index in [1.165, 1.54) is 12.1 Å². The van der Waals surface area contributed by atoms with Crippen molar-refractivity contribution >= 4 is 5.97 Å². The molecule has 16 heavy (non-hydrogen) atoms. The Morgan fingerprint density at radius 1 is 1.44 bits per heavy atom. The molecular weight excluding hydrogens is 216 g/mol. The standard InChI is InChI=1S/C11H13F2NO2/c1-7(12)11(14,10(15)16-2)8-3-5-9(13)6-4-8/h3-7H,14H2,1-2H3. The quantitative estimate of drug-likeness (QED) is 0.799. The number of hydrogen-bond acceptors (Lipinski definition) is 3. The van der Waals surface area contributed by atoms with Crippen LogP contribution in [0.3, 0.4) is 0 Å². The van der Waals surface area contributed by atoms with E-state index in [-0.39, 0.29) is 5.56 Å². The zero-order chi connectivity index (χ0) is 12.3. The van der Waals surface area contributed by atoms with E-state index >= 15 is 0 Å². The van der Waals surface area contributed by atoms with E-state index in [1.54, 1.807) is 0 Å². The van der Waals surface area contributed by atoms with Crippen LogP contribution in [0.25, 0.3) is 0 Å². The molecule has 0 saturated carbocycles. The molecule has 5 heteroatoms. The van der Waals surface area contributed by atoms with Crippen molar-refractivity contribution in [3.8, 4) is 0 Å². The van der Waals surface area contributed by atoms with Crippen molar-refractivity contribution in [2.24, 2.45) is 5.73 Å². The van der Waals surface area contributed by atoms with Gasteiger partial charge in [0.1, 0.15) is 12.0 Å². The highest BCUT2D eigenvalue weighted by atomic mass is 19.1. The van der Waals surface area contributed by atoms with E-state index in [1.807, 2.05) is 0 Å². The molecule has 1 rings (SSSR count). The summed E-state index contributed by atoms with van der Waals surface area (Å²) in [7, 11) is 1.12. The molecule has 0 saturated heterocycles. The number of carbonyl (C=O) groups is 1. The molecule has 0 radical (unpaired) electrons. The highest BCUT2D eigenvalue weighted by molar-refractivity contribution is 5.83. The Balaban J connectivity index is 3.21. The van der Waals surface area contributed by atoms with Crippen molar-refractivity contribution in [1.82, 2.24) is 0 Å². The molecule has 2 unspecified atom stereocenters. The second-order valence-electron chi connectivity index (χ2n) is 3.48. The highest BCUT2D eigenvalue weighted by Crippen LogP contribution is 2.26. The molecule has 0 spiro atoms. The number of halogens is 2. The Morgan fingerprint density at radius 3 is 2.31 bits per heavy atom. The Morgan fingerprint density at radius 2 is 1.94 bits per heavy atom. The van der Waals surface area contributed by atoms with Gasteiger partial charge in [0.05, 0.1) is 7.11 Å². The van der Waals surface area contributed by atoms with Gasteiger partial charge in [0.15, 0.2) is 5.54 Å². The van der Waals surface area contributed by atoms with E-state index in [9.17, 15) is 13.6 Å². The minimum atomic E-state index is -1.90. The molecule has 1 aromatic carbocycles. The minimum Gasteiger partial charge on any atom is -0.467 e. The molecule has 3 nitrogen and oxygen atoms in total. The number of nitrogens with two attached hydrogens (primary N) is 1. The lowest BCUT2D eigenvalue weighted by Crippen LogP contribution is -2.52. The topological polar surface area (TPSA) is 52.3 Å². The number of alkyl halides is 1. The highest BCUT2D eigenvalue weighted by Gasteiger charge is 2.43. The number of hydrogen-bond donors (Lipinski definition) is 1. The smallest absolute Gasteiger partial charge is 0.333 e. The molecule has 0 aliphatic carbocycles. The van der Waals surface area contributed by atoms with Gasteiger partial charge >= 0.3 is 5.97 Å². The summed E-state index contributed by atoms with van der Waals surface area (Å²) in [6, 6.07) is 4.76. The molecule has 88 valence electrons. The van der Waals surface area contributed by atoms with Gasteiger partial charge in [-0.05, 0) is 24.6 Å². The van der Waals surface area contributed by atoms with E-state index in [4.69, 9.17) is 5.73 Å². The zero-order valence-corrected chi connectivity index (χ0v) is 9.04. The number of carbonyl (C=O) groups excluding carboxylic acids is 1. The monoisotopic (exact) mass is 229 g/mol. The summed E-state index contributed by atoms with van der Waals surface area (Å²) in [6.45, 7) is 1.15. The zero-order valence-electron chi connectivity index (χ0n) is 9.04. The Bertz CT molecular complexity index is 378. The van der Waals surface area contributed by atoms with Crippen molar-refractivity contribution in [3.05, 3.63) is 35.6 Å². The molecule has 0 fully saturated rings. The van der Waals surface area contributed by atoms with E-state index in [0.29, 0.717) is 0 Å². The molecule has 1 aromatic rings. The minimum absolute atomic E-state index is 0.177. The first-order valence-corrected chi connectivity index (χ1v) is 4.70. The van der Waals surface area contributed by atoms with Crippen LogP contribution in [0.1, 0.15) is 12.5 Å². The van der Waals surface area contributed by atoms with Crippen molar-refractivity contribution in [1.29, 1.82) is 0 Å². The number of ether oxygens (including phenoxy) is 1. The maximum Gasteiger partial charge on any atom is 0.333 e. The molecule has 0 bridgehead atoms. The average molecular weight is 229 g/mol. The maximum atomic E-state index is 13.5. The molecule has 0 aliphatic heterocycles. The van der Waals surface area contributed by atoms with Gasteiger partial charge in [-0.25, -0.2) is 13.6 Å². The van der Waals surface area contributed by atoms with Crippen LogP contribution in [0.2, 0.25) is 0 Å². The molecular formula is C11H13F2NO2. The lowest BCUT2D eigenvalue weighted by atomic mass is 9.87. The summed E-state index contributed by atoms with van der Waals surface area (Å²) in [5.74, 6) is -1.38. The van der Waals surface area contributed by atoms with Gasteiger partial charge in [-0.2, -0.15) is 0 Å². The predicted octanol–water partition coefficient (Wildman–Crippen LogP) is 1.51. The third kappa shape index (κ3) is 2.04. The summed E-state index contributed by atoms with van der Waals surface area (Å²) >= 11 is 0. The fourth-order valence-electron chi connectivity index (χ4n) is 1.40. The summed E-state index contributed by atoms with van der Waals surface area (Å²) in [5.41, 5.74) is 3.97. The van der Waals surface area contributed by atoms with Crippen LogP contribution in [0.15, 0.2) is 24.3 Å². The van der Waals surface area contributed by atoms with Crippen LogP contribution in [-0.2, 0) is 15.1 Å². The Kier molecular flexibility index (Phi) is 3.59. The lowest BCUT2D eigenvalue weighted by molar-refractivity contribution is -0.150. The first-order chi connectivity index (χ1) is 7.42. The third-order valence-corrected chi connectivity index (χ3v) is 2.47. The van der Waals surface area contributed by atoms with Crippen molar-refractivity contribution < 1.29 is 18.3 Å². The number of esters is 1. The van der Waals surface area contributed by atoms with Crippen LogP contribution in [0.4, 0.5) is 8.78 Å². The second kappa shape index (κ2) is 4.57. The lowest BCUT2D eigenvalue weighted by Gasteiger charge is -2.28. The van der Waals surface area contributed by atoms with Crippen molar-refractivity contribution in [2.45, 2.75) is 18.6 Å². The van der Waals surface area contributed by atoms with Gasteiger partial charge in [0, 0.05) is 0 Å². The molecule has 0 amide bonds. The summed E-state index contributed by atoms with van der Waals surface area (Å²) in [5, 5.41) is 0. The van der Waals surface area contributed by atoms with Crippen molar-refractivity contribution in [3.63, 3.8) is 0 Å². The van der Waals surface area contributed by atoms with Crippen LogP contribution >= 0.6 is 0 Å². The first-order valence-electron chi connectivity index (χ1n) is 4.70. The number of methoxy groups -OCH3 is 1. The Labute approximate surface area is 92.2 Å². The van der Waals surface area contributed by atoms with Crippen LogP contribution < -0.4 is 5.73 Å².